The van der Waals surface area contributed by atoms with Crippen LogP contribution in [0.4, 0.5) is 5.69 Å². The lowest BCUT2D eigenvalue weighted by Gasteiger charge is -2.11. The third-order valence-corrected chi connectivity index (χ3v) is 5.44. The number of hydrogen-bond donors (Lipinski definition) is 1. The summed E-state index contributed by atoms with van der Waals surface area (Å²) in [4.78, 5) is 12.4. The molecule has 1 N–H and O–H groups in total. The van der Waals surface area contributed by atoms with Crippen LogP contribution in [0.5, 0.6) is 11.5 Å². The molecule has 0 atom stereocenters. The van der Waals surface area contributed by atoms with Crippen LogP contribution in [-0.4, -0.2) is 21.5 Å². The molecule has 7 heteroatoms. The lowest BCUT2D eigenvalue weighted by molar-refractivity contribution is 0.0729. The number of esters is 1. The first-order valence-corrected chi connectivity index (χ1v) is 9.93. The van der Waals surface area contributed by atoms with Crippen LogP contribution in [0.15, 0.2) is 77.7 Å². The third-order valence-electron chi connectivity index (χ3n) is 4.06. The lowest BCUT2D eigenvalue weighted by atomic mass is 10.2. The molecule has 0 aliphatic rings. The molecule has 3 rings (SSSR count). The summed E-state index contributed by atoms with van der Waals surface area (Å²) < 4.78 is 38.2. The number of carbonyl (C=O) groups excluding carboxylic acids is 1. The first-order valence-electron chi connectivity index (χ1n) is 8.44. The number of hydrogen-bond acceptors (Lipinski definition) is 5. The van der Waals surface area contributed by atoms with E-state index in [1.165, 1.54) is 31.4 Å². The zero-order valence-corrected chi connectivity index (χ0v) is 16.2. The molecule has 3 aromatic rings. The molecule has 0 aliphatic carbocycles. The number of carbonyl (C=O) groups is 1. The Hall–Kier alpha value is -3.32. The van der Waals surface area contributed by atoms with E-state index in [-0.39, 0.29) is 16.2 Å². The second-order valence-electron chi connectivity index (χ2n) is 5.99. The number of nitrogens with one attached hydrogen (secondary N) is 1. The molecule has 144 valence electrons. The number of anilines is 1. The highest BCUT2D eigenvalue weighted by Crippen LogP contribution is 2.27. The highest BCUT2D eigenvalue weighted by molar-refractivity contribution is 7.92. The van der Waals surface area contributed by atoms with E-state index in [0.29, 0.717) is 11.4 Å². The molecule has 0 saturated heterocycles. The van der Waals surface area contributed by atoms with E-state index in [1.807, 2.05) is 19.1 Å². The van der Waals surface area contributed by atoms with Crippen molar-refractivity contribution < 1.29 is 22.7 Å². The summed E-state index contributed by atoms with van der Waals surface area (Å²) >= 11 is 0. The highest BCUT2D eigenvalue weighted by atomic mass is 32.2. The Morgan fingerprint density at radius 1 is 0.857 bits per heavy atom. The van der Waals surface area contributed by atoms with Gasteiger partial charge in [-0.1, -0.05) is 30.3 Å². The maximum absolute atomic E-state index is 12.6. The number of ether oxygens (including phenoxy) is 2. The number of para-hydroxylation sites is 3. The Morgan fingerprint density at radius 2 is 1.46 bits per heavy atom. The zero-order valence-electron chi connectivity index (χ0n) is 15.4. The van der Waals surface area contributed by atoms with Crippen molar-refractivity contribution in [3.63, 3.8) is 0 Å². The summed E-state index contributed by atoms with van der Waals surface area (Å²) in [7, 11) is -2.29. The van der Waals surface area contributed by atoms with E-state index in [9.17, 15) is 13.2 Å². The topological polar surface area (TPSA) is 81.7 Å². The van der Waals surface area contributed by atoms with E-state index in [1.54, 1.807) is 36.4 Å². The van der Waals surface area contributed by atoms with E-state index < -0.39 is 16.0 Å². The van der Waals surface area contributed by atoms with Gasteiger partial charge in [0, 0.05) is 0 Å². The van der Waals surface area contributed by atoms with Crippen LogP contribution in [0, 0.1) is 6.92 Å². The molecule has 3 aromatic carbocycles. The molecule has 0 aliphatic heterocycles. The van der Waals surface area contributed by atoms with Crippen molar-refractivity contribution in [3.8, 4) is 11.5 Å². The minimum Gasteiger partial charge on any atom is -0.493 e. The van der Waals surface area contributed by atoms with Crippen LogP contribution >= 0.6 is 0 Å². The molecule has 0 unspecified atom stereocenters. The fourth-order valence-corrected chi connectivity index (χ4v) is 3.65. The van der Waals surface area contributed by atoms with Gasteiger partial charge in [0.2, 0.25) is 0 Å². The Balaban J connectivity index is 1.77. The van der Waals surface area contributed by atoms with Crippen molar-refractivity contribution in [2.45, 2.75) is 11.8 Å². The standard InChI is InChI=1S/C21H19NO5S/c1-15-7-3-4-8-18(15)22-28(24,25)17-13-11-16(12-14-17)21(23)27-20-10-6-5-9-19(20)26-2/h3-14,22H,1-2H3. The van der Waals surface area contributed by atoms with Gasteiger partial charge in [-0.15, -0.1) is 0 Å². The Morgan fingerprint density at radius 3 is 2.11 bits per heavy atom. The monoisotopic (exact) mass is 397 g/mol. The van der Waals surface area contributed by atoms with Gasteiger partial charge in [-0.3, -0.25) is 4.72 Å². The van der Waals surface area contributed by atoms with Gasteiger partial charge in [-0.25, -0.2) is 13.2 Å². The summed E-state index contributed by atoms with van der Waals surface area (Å²) in [6.45, 7) is 1.81. The van der Waals surface area contributed by atoms with Gasteiger partial charge in [0.05, 0.1) is 23.3 Å². The van der Waals surface area contributed by atoms with Gasteiger partial charge >= 0.3 is 5.97 Å². The smallest absolute Gasteiger partial charge is 0.343 e. The number of sulfonamides is 1. The number of methoxy groups -OCH3 is 1. The van der Waals surface area contributed by atoms with Crippen molar-refractivity contribution in [2.75, 3.05) is 11.8 Å². The van der Waals surface area contributed by atoms with Gasteiger partial charge in [-0.05, 0) is 55.0 Å². The minimum absolute atomic E-state index is 0.0459. The molecule has 0 radical (unpaired) electrons. The molecule has 0 bridgehead atoms. The average Bonchev–Trinajstić information content (AvgIpc) is 2.70. The summed E-state index contributed by atoms with van der Waals surface area (Å²) in [6, 6.07) is 19.4. The molecule has 0 spiro atoms. The van der Waals surface area contributed by atoms with Crippen molar-refractivity contribution in [3.05, 3.63) is 83.9 Å². The first-order chi connectivity index (χ1) is 13.4. The Kier molecular flexibility index (Phi) is 5.65. The molecule has 0 fully saturated rings. The molecule has 6 nitrogen and oxygen atoms in total. The van der Waals surface area contributed by atoms with Gasteiger partial charge in [0.15, 0.2) is 11.5 Å². The van der Waals surface area contributed by atoms with Crippen molar-refractivity contribution in [2.24, 2.45) is 0 Å². The van der Waals surface area contributed by atoms with E-state index in [2.05, 4.69) is 4.72 Å². The van der Waals surface area contributed by atoms with Crippen LogP contribution in [0.1, 0.15) is 15.9 Å². The van der Waals surface area contributed by atoms with Crippen LogP contribution in [0.3, 0.4) is 0 Å². The quantitative estimate of drug-likeness (QED) is 0.502. The number of benzene rings is 3. The van der Waals surface area contributed by atoms with Crippen LogP contribution in [0.25, 0.3) is 0 Å². The van der Waals surface area contributed by atoms with Crippen molar-refractivity contribution in [1.29, 1.82) is 0 Å². The second-order valence-corrected chi connectivity index (χ2v) is 7.67. The molecule has 0 heterocycles. The summed E-state index contributed by atoms with van der Waals surface area (Å²) in [5, 5.41) is 0. The number of rotatable bonds is 6. The molecular weight excluding hydrogens is 378 g/mol. The largest absolute Gasteiger partial charge is 0.493 e. The van der Waals surface area contributed by atoms with Gasteiger partial charge in [0.25, 0.3) is 10.0 Å². The predicted octanol–water partition coefficient (Wildman–Crippen LogP) is 4.02. The van der Waals surface area contributed by atoms with E-state index >= 15 is 0 Å². The highest BCUT2D eigenvalue weighted by Gasteiger charge is 2.17. The van der Waals surface area contributed by atoms with Gasteiger partial charge in [0.1, 0.15) is 0 Å². The van der Waals surface area contributed by atoms with Gasteiger partial charge in [-0.2, -0.15) is 0 Å². The molecule has 28 heavy (non-hydrogen) atoms. The maximum Gasteiger partial charge on any atom is 0.343 e. The Bertz CT molecular complexity index is 1090. The fraction of sp³-hybridized carbons (Fsp3) is 0.0952. The lowest BCUT2D eigenvalue weighted by Crippen LogP contribution is -2.14. The fourth-order valence-electron chi connectivity index (χ4n) is 2.52. The predicted molar refractivity (Wildman–Crippen MR) is 106 cm³/mol. The third kappa shape index (κ3) is 4.32. The maximum atomic E-state index is 12.6. The molecule has 0 amide bonds. The van der Waals surface area contributed by atoms with Crippen molar-refractivity contribution in [1.82, 2.24) is 0 Å². The molecule has 0 saturated carbocycles. The molecular formula is C21H19NO5S. The number of aryl methyl sites for hydroxylation is 1. The SMILES string of the molecule is COc1ccccc1OC(=O)c1ccc(S(=O)(=O)Nc2ccccc2C)cc1. The Labute approximate surface area is 163 Å². The van der Waals surface area contributed by atoms with E-state index in [0.717, 1.165) is 5.56 Å². The minimum atomic E-state index is -3.77. The van der Waals surface area contributed by atoms with Gasteiger partial charge < -0.3 is 9.47 Å². The van der Waals surface area contributed by atoms with Crippen LogP contribution in [-0.2, 0) is 10.0 Å². The van der Waals surface area contributed by atoms with Crippen LogP contribution in [0.2, 0.25) is 0 Å². The summed E-state index contributed by atoms with van der Waals surface area (Å²) in [5.41, 5.74) is 1.53. The van der Waals surface area contributed by atoms with E-state index in [4.69, 9.17) is 9.47 Å². The summed E-state index contributed by atoms with van der Waals surface area (Å²) in [5.74, 6) is 0.103. The normalized spacial score (nSPS) is 10.9. The second kappa shape index (κ2) is 8.14. The zero-order chi connectivity index (χ0) is 20.1. The summed E-state index contributed by atoms with van der Waals surface area (Å²) in [6.07, 6.45) is 0. The van der Waals surface area contributed by atoms with Crippen LogP contribution < -0.4 is 14.2 Å². The molecule has 0 aromatic heterocycles. The first kappa shape index (κ1) is 19.4. The van der Waals surface area contributed by atoms with Crippen molar-refractivity contribution >= 4 is 21.7 Å². The average molecular weight is 397 g/mol.